The number of carboxylic acid groups (broad SMARTS) is 1. The zero-order chi connectivity index (χ0) is 14.5. The van der Waals surface area contributed by atoms with E-state index in [1.165, 1.54) is 0 Å². The average Bonchev–Trinajstić information content (AvgIpc) is 2.46. The lowest BCUT2D eigenvalue weighted by molar-refractivity contribution is -0.138. The molecule has 0 radical (unpaired) electrons. The number of hydrogen-bond acceptors (Lipinski definition) is 2. The molecule has 3 nitrogen and oxygen atoms in total. The summed E-state index contributed by atoms with van der Waals surface area (Å²) in [5.41, 5.74) is 1.01. The van der Waals surface area contributed by atoms with Gasteiger partial charge in [0.15, 0.2) is 0 Å². The van der Waals surface area contributed by atoms with Gasteiger partial charge in [-0.2, -0.15) is 0 Å². The van der Waals surface area contributed by atoms with Crippen LogP contribution in [0.4, 0.5) is 5.69 Å². The van der Waals surface area contributed by atoms with Crippen molar-refractivity contribution < 1.29 is 9.90 Å². The summed E-state index contributed by atoms with van der Waals surface area (Å²) in [7, 11) is 0. The second-order valence-electron chi connectivity index (χ2n) is 4.95. The van der Waals surface area contributed by atoms with Gasteiger partial charge in [-0.15, -0.1) is 0 Å². The number of anilines is 1. The summed E-state index contributed by atoms with van der Waals surface area (Å²) in [6.45, 7) is 4.75. The highest BCUT2D eigenvalue weighted by molar-refractivity contribution is 5.95. The second kappa shape index (κ2) is 6.42. The third kappa shape index (κ3) is 2.77. The molecule has 106 valence electrons. The number of carboxylic acids is 1. The second-order valence-corrected chi connectivity index (χ2v) is 4.95. The first-order valence-electron chi connectivity index (χ1n) is 7.16. The van der Waals surface area contributed by atoms with E-state index in [2.05, 4.69) is 25.1 Å². The van der Waals surface area contributed by atoms with Gasteiger partial charge in [0, 0.05) is 17.6 Å². The highest BCUT2D eigenvalue weighted by Crippen LogP contribution is 2.29. The van der Waals surface area contributed by atoms with Crippen molar-refractivity contribution in [1.82, 2.24) is 0 Å². The van der Waals surface area contributed by atoms with Gasteiger partial charge in [-0.3, -0.25) is 0 Å². The minimum absolute atomic E-state index is 0.472. The van der Waals surface area contributed by atoms with Gasteiger partial charge >= 0.3 is 5.97 Å². The molecule has 0 spiro atoms. The quantitative estimate of drug-likeness (QED) is 0.865. The summed E-state index contributed by atoms with van der Waals surface area (Å²) < 4.78 is 0. The van der Waals surface area contributed by atoms with Crippen molar-refractivity contribution in [2.45, 2.75) is 32.7 Å². The number of aliphatic carboxylic acids is 1. The van der Waals surface area contributed by atoms with E-state index in [1.54, 1.807) is 0 Å². The molecule has 20 heavy (non-hydrogen) atoms. The number of fused-ring (bicyclic) bond motifs is 1. The molecule has 0 amide bonds. The normalized spacial score (nSPS) is 12.3. The molecule has 1 unspecified atom stereocenters. The van der Waals surface area contributed by atoms with Crippen molar-refractivity contribution in [1.29, 1.82) is 0 Å². The molecule has 2 aromatic rings. The molecule has 0 aliphatic rings. The van der Waals surface area contributed by atoms with Gasteiger partial charge in [-0.1, -0.05) is 50.2 Å². The summed E-state index contributed by atoms with van der Waals surface area (Å²) in [6, 6.07) is 13.7. The third-order valence-electron chi connectivity index (χ3n) is 3.59. The predicted octanol–water partition coefficient (Wildman–Crippen LogP) is 3.92. The summed E-state index contributed by atoms with van der Waals surface area (Å²) in [5, 5.41) is 11.7. The van der Waals surface area contributed by atoms with E-state index >= 15 is 0 Å². The molecule has 0 saturated carbocycles. The van der Waals surface area contributed by atoms with E-state index in [9.17, 15) is 9.90 Å². The minimum Gasteiger partial charge on any atom is -0.480 e. The Morgan fingerprint density at radius 2 is 1.85 bits per heavy atom. The van der Waals surface area contributed by atoms with Gasteiger partial charge < -0.3 is 10.0 Å². The van der Waals surface area contributed by atoms with Crippen LogP contribution in [0.1, 0.15) is 26.7 Å². The number of benzene rings is 2. The minimum atomic E-state index is -0.756. The molecule has 1 N–H and O–H groups in total. The van der Waals surface area contributed by atoms with E-state index < -0.39 is 12.0 Å². The zero-order valence-corrected chi connectivity index (χ0v) is 12.0. The molecule has 0 fully saturated rings. The van der Waals surface area contributed by atoms with Gasteiger partial charge in [0.05, 0.1) is 0 Å². The third-order valence-corrected chi connectivity index (χ3v) is 3.59. The Morgan fingerprint density at radius 1 is 1.15 bits per heavy atom. The summed E-state index contributed by atoms with van der Waals surface area (Å²) >= 11 is 0. The van der Waals surface area contributed by atoms with Crippen LogP contribution in [0.3, 0.4) is 0 Å². The SMILES string of the molecule is CCCN(c1cccc2ccccc12)C(CC)C(=O)O. The fourth-order valence-electron chi connectivity index (χ4n) is 2.67. The molecule has 0 saturated heterocycles. The first kappa shape index (κ1) is 14.4. The van der Waals surface area contributed by atoms with E-state index in [4.69, 9.17) is 0 Å². The predicted molar refractivity (Wildman–Crippen MR) is 83.3 cm³/mol. The first-order chi connectivity index (χ1) is 9.69. The van der Waals surface area contributed by atoms with Crippen LogP contribution in [-0.2, 0) is 4.79 Å². The molecule has 2 rings (SSSR count). The smallest absolute Gasteiger partial charge is 0.326 e. The Labute approximate surface area is 119 Å². The van der Waals surface area contributed by atoms with E-state index in [1.807, 2.05) is 36.1 Å². The van der Waals surface area contributed by atoms with Crippen molar-refractivity contribution in [3.8, 4) is 0 Å². The van der Waals surface area contributed by atoms with E-state index in [-0.39, 0.29) is 0 Å². The number of nitrogens with zero attached hydrogens (tertiary/aromatic N) is 1. The fourth-order valence-corrected chi connectivity index (χ4v) is 2.67. The first-order valence-corrected chi connectivity index (χ1v) is 7.16. The Kier molecular flexibility index (Phi) is 4.61. The standard InChI is InChI=1S/C17H21NO2/c1-3-12-18(15(4-2)17(19)20)16-11-7-9-13-8-5-6-10-14(13)16/h5-11,15H,3-4,12H2,1-2H3,(H,19,20). The summed E-state index contributed by atoms with van der Waals surface area (Å²) in [6.07, 6.45) is 1.52. The number of hydrogen-bond donors (Lipinski definition) is 1. The lowest BCUT2D eigenvalue weighted by Crippen LogP contribution is -2.41. The van der Waals surface area contributed by atoms with Crippen LogP contribution in [0.15, 0.2) is 42.5 Å². The Bertz CT molecular complexity index is 589. The topological polar surface area (TPSA) is 40.5 Å². The maximum absolute atomic E-state index is 11.5. The van der Waals surface area contributed by atoms with E-state index in [0.29, 0.717) is 6.42 Å². The Balaban J connectivity index is 2.54. The largest absolute Gasteiger partial charge is 0.480 e. The van der Waals surface area contributed by atoms with Crippen LogP contribution in [-0.4, -0.2) is 23.7 Å². The molecule has 0 aliphatic carbocycles. The molecule has 0 heterocycles. The van der Waals surface area contributed by atoms with Gasteiger partial charge in [0.1, 0.15) is 6.04 Å². The molecule has 2 aromatic carbocycles. The highest BCUT2D eigenvalue weighted by atomic mass is 16.4. The number of rotatable bonds is 6. The van der Waals surface area contributed by atoms with Crippen molar-refractivity contribution in [2.24, 2.45) is 0 Å². The molecule has 3 heteroatoms. The molecular weight excluding hydrogens is 250 g/mol. The maximum atomic E-state index is 11.5. The van der Waals surface area contributed by atoms with Crippen molar-refractivity contribution in [2.75, 3.05) is 11.4 Å². The van der Waals surface area contributed by atoms with Crippen LogP contribution in [0.25, 0.3) is 10.8 Å². The number of carbonyl (C=O) groups is 1. The lowest BCUT2D eigenvalue weighted by Gasteiger charge is -2.31. The molecule has 0 bridgehead atoms. The van der Waals surface area contributed by atoms with Gasteiger partial charge in [0.25, 0.3) is 0 Å². The molecule has 0 aliphatic heterocycles. The molecule has 0 aromatic heterocycles. The fraction of sp³-hybridized carbons (Fsp3) is 0.353. The van der Waals surface area contributed by atoms with Crippen LogP contribution in [0, 0.1) is 0 Å². The van der Waals surface area contributed by atoms with Gasteiger partial charge in [0.2, 0.25) is 0 Å². The van der Waals surface area contributed by atoms with Crippen molar-refractivity contribution in [3.63, 3.8) is 0 Å². The summed E-state index contributed by atoms with van der Waals surface area (Å²) in [5.74, 6) is -0.756. The maximum Gasteiger partial charge on any atom is 0.326 e. The van der Waals surface area contributed by atoms with Crippen LogP contribution < -0.4 is 4.90 Å². The van der Waals surface area contributed by atoms with E-state index in [0.717, 1.165) is 29.4 Å². The lowest BCUT2D eigenvalue weighted by atomic mass is 10.1. The molecule has 1 atom stereocenters. The zero-order valence-electron chi connectivity index (χ0n) is 12.0. The van der Waals surface area contributed by atoms with Crippen LogP contribution >= 0.6 is 0 Å². The van der Waals surface area contributed by atoms with Gasteiger partial charge in [-0.25, -0.2) is 4.79 Å². The Hall–Kier alpha value is -2.03. The monoisotopic (exact) mass is 271 g/mol. The molecular formula is C17H21NO2. The van der Waals surface area contributed by atoms with Crippen molar-refractivity contribution in [3.05, 3.63) is 42.5 Å². The summed E-state index contributed by atoms with van der Waals surface area (Å²) in [4.78, 5) is 13.5. The van der Waals surface area contributed by atoms with Gasteiger partial charge in [-0.05, 0) is 24.3 Å². The Morgan fingerprint density at radius 3 is 2.50 bits per heavy atom. The van der Waals surface area contributed by atoms with Crippen LogP contribution in [0.2, 0.25) is 0 Å². The van der Waals surface area contributed by atoms with Crippen molar-refractivity contribution >= 4 is 22.4 Å². The highest BCUT2D eigenvalue weighted by Gasteiger charge is 2.24. The van der Waals surface area contributed by atoms with Crippen LogP contribution in [0.5, 0.6) is 0 Å². The average molecular weight is 271 g/mol.